The number of hydrazone groups is 1. The van der Waals surface area contributed by atoms with Crippen molar-refractivity contribution in [1.29, 1.82) is 0 Å². The van der Waals surface area contributed by atoms with Crippen LogP contribution in [0.5, 0.6) is 11.5 Å². The van der Waals surface area contributed by atoms with Crippen molar-refractivity contribution in [2.45, 2.75) is 6.92 Å². The molecule has 0 atom stereocenters. The molecule has 3 rings (SSSR count). The normalized spacial score (nSPS) is 10.8. The Morgan fingerprint density at radius 1 is 0.848 bits per heavy atom. The molecule has 2 N–H and O–H groups in total. The number of methoxy groups -OCH3 is 1. The molecule has 0 unspecified atom stereocenters. The fourth-order valence-electron chi connectivity index (χ4n) is 2.68. The first-order valence-corrected chi connectivity index (χ1v) is 10.1. The van der Waals surface area contributed by atoms with Crippen molar-refractivity contribution in [3.8, 4) is 11.5 Å². The average molecular weight is 466 g/mol. The van der Waals surface area contributed by atoms with E-state index in [9.17, 15) is 14.4 Å². The van der Waals surface area contributed by atoms with Gasteiger partial charge in [0.05, 0.1) is 18.4 Å². The van der Waals surface area contributed by atoms with E-state index in [4.69, 9.17) is 21.1 Å². The average Bonchev–Trinajstić information content (AvgIpc) is 2.82. The lowest BCUT2D eigenvalue weighted by Gasteiger charge is -2.07. The third kappa shape index (κ3) is 6.65. The van der Waals surface area contributed by atoms with Gasteiger partial charge in [-0.05, 0) is 73.2 Å². The van der Waals surface area contributed by atoms with Crippen LogP contribution in [0.3, 0.4) is 0 Å². The number of rotatable bonds is 6. The molecule has 0 heterocycles. The second-order valence-electron chi connectivity index (χ2n) is 6.75. The summed E-state index contributed by atoms with van der Waals surface area (Å²) in [5.74, 6) is -1.45. The van der Waals surface area contributed by atoms with E-state index in [2.05, 4.69) is 15.8 Å². The van der Waals surface area contributed by atoms with Crippen LogP contribution in [0.4, 0.5) is 5.69 Å². The molecule has 0 aromatic heterocycles. The first-order valence-electron chi connectivity index (χ1n) is 9.73. The van der Waals surface area contributed by atoms with E-state index in [0.717, 1.165) is 0 Å². The van der Waals surface area contributed by atoms with Crippen LogP contribution in [0.1, 0.15) is 22.8 Å². The maximum atomic E-state index is 12.3. The number of benzene rings is 3. The second-order valence-corrected chi connectivity index (χ2v) is 7.18. The predicted molar refractivity (Wildman–Crippen MR) is 125 cm³/mol. The molecule has 0 bridgehead atoms. The number of nitrogens with zero attached hydrogens (tertiary/aromatic N) is 1. The quantitative estimate of drug-likeness (QED) is 0.188. The van der Waals surface area contributed by atoms with E-state index in [0.29, 0.717) is 39.0 Å². The minimum atomic E-state index is -0.932. The highest BCUT2D eigenvalue weighted by molar-refractivity contribution is 6.40. The van der Waals surface area contributed by atoms with E-state index < -0.39 is 17.8 Å². The van der Waals surface area contributed by atoms with Crippen molar-refractivity contribution in [2.24, 2.45) is 5.10 Å². The lowest BCUT2D eigenvalue weighted by atomic mass is 10.1. The predicted octanol–water partition coefficient (Wildman–Crippen LogP) is 4.05. The zero-order chi connectivity index (χ0) is 23.8. The van der Waals surface area contributed by atoms with Gasteiger partial charge in [-0.1, -0.05) is 23.7 Å². The SMILES string of the molecule is COc1cccc(C(=O)Oc2ccc(/C(C)=N/NC(=O)C(=O)Nc3cccc(Cl)c3)cc2)c1. The molecule has 3 aromatic rings. The number of carbonyl (C=O) groups is 3. The van der Waals surface area contributed by atoms with Gasteiger partial charge in [0.25, 0.3) is 0 Å². The van der Waals surface area contributed by atoms with Crippen LogP contribution in [-0.2, 0) is 9.59 Å². The molecule has 0 spiro atoms. The minimum Gasteiger partial charge on any atom is -0.497 e. The summed E-state index contributed by atoms with van der Waals surface area (Å²) in [6.07, 6.45) is 0. The summed E-state index contributed by atoms with van der Waals surface area (Å²) in [5.41, 5.74) is 4.06. The highest BCUT2D eigenvalue weighted by Crippen LogP contribution is 2.18. The molecular formula is C24H20ClN3O5. The number of ether oxygens (including phenoxy) is 2. The first-order chi connectivity index (χ1) is 15.9. The van der Waals surface area contributed by atoms with Crippen LogP contribution in [0.25, 0.3) is 0 Å². The summed E-state index contributed by atoms with van der Waals surface area (Å²) < 4.78 is 10.5. The highest BCUT2D eigenvalue weighted by atomic mass is 35.5. The number of amides is 2. The Bertz CT molecular complexity index is 1210. The molecule has 0 aliphatic rings. The molecule has 0 fully saturated rings. The number of hydrogen-bond acceptors (Lipinski definition) is 6. The molecule has 0 saturated carbocycles. The van der Waals surface area contributed by atoms with Crippen molar-refractivity contribution >= 4 is 40.8 Å². The van der Waals surface area contributed by atoms with Gasteiger partial charge in [0.2, 0.25) is 0 Å². The molecular weight excluding hydrogens is 446 g/mol. The molecule has 0 radical (unpaired) electrons. The maximum absolute atomic E-state index is 12.3. The van der Waals surface area contributed by atoms with Gasteiger partial charge in [-0.15, -0.1) is 0 Å². The Labute approximate surface area is 195 Å². The summed E-state index contributed by atoms with van der Waals surface area (Å²) in [7, 11) is 1.52. The largest absolute Gasteiger partial charge is 0.497 e. The van der Waals surface area contributed by atoms with Gasteiger partial charge >= 0.3 is 17.8 Å². The van der Waals surface area contributed by atoms with Gasteiger partial charge in [0.15, 0.2) is 0 Å². The fourth-order valence-corrected chi connectivity index (χ4v) is 2.87. The second kappa shape index (κ2) is 10.9. The number of anilines is 1. The summed E-state index contributed by atoms with van der Waals surface area (Å²) in [4.78, 5) is 36.3. The zero-order valence-corrected chi connectivity index (χ0v) is 18.6. The van der Waals surface area contributed by atoms with Gasteiger partial charge in [-0.2, -0.15) is 5.10 Å². The summed E-state index contributed by atoms with van der Waals surface area (Å²) in [5, 5.41) is 6.80. The standard InChI is InChI=1S/C24H20ClN3O5/c1-15(27-28-23(30)22(29)26-19-7-4-6-18(25)14-19)16-9-11-20(12-10-16)33-24(31)17-5-3-8-21(13-17)32-2/h3-14H,1-2H3,(H,26,29)(H,28,30)/b27-15+. The van der Waals surface area contributed by atoms with Gasteiger partial charge in [-0.3, -0.25) is 9.59 Å². The summed E-state index contributed by atoms with van der Waals surface area (Å²) in [6, 6.07) is 19.6. The van der Waals surface area contributed by atoms with E-state index >= 15 is 0 Å². The van der Waals surface area contributed by atoms with Crippen LogP contribution in [0, 0.1) is 0 Å². The topological polar surface area (TPSA) is 106 Å². The third-order valence-electron chi connectivity index (χ3n) is 4.40. The van der Waals surface area contributed by atoms with E-state index in [-0.39, 0.29) is 0 Å². The summed E-state index contributed by atoms with van der Waals surface area (Å²) >= 11 is 5.85. The van der Waals surface area contributed by atoms with Crippen molar-refractivity contribution in [1.82, 2.24) is 5.43 Å². The van der Waals surface area contributed by atoms with Gasteiger partial charge in [-0.25, -0.2) is 10.2 Å². The highest BCUT2D eigenvalue weighted by Gasteiger charge is 2.14. The Morgan fingerprint density at radius 2 is 1.58 bits per heavy atom. The Balaban J connectivity index is 1.57. The number of hydrogen-bond donors (Lipinski definition) is 2. The number of carbonyl (C=O) groups excluding carboxylic acids is 3. The monoisotopic (exact) mass is 465 g/mol. The molecule has 9 heteroatoms. The molecule has 33 heavy (non-hydrogen) atoms. The van der Waals surface area contributed by atoms with Gasteiger partial charge in [0, 0.05) is 10.7 Å². The van der Waals surface area contributed by atoms with Crippen LogP contribution < -0.4 is 20.2 Å². The lowest BCUT2D eigenvalue weighted by Crippen LogP contribution is -2.32. The zero-order valence-electron chi connectivity index (χ0n) is 17.8. The van der Waals surface area contributed by atoms with E-state index in [1.807, 2.05) is 0 Å². The Hall–Kier alpha value is -4.17. The lowest BCUT2D eigenvalue weighted by molar-refractivity contribution is -0.136. The van der Waals surface area contributed by atoms with E-state index in [1.165, 1.54) is 13.2 Å². The maximum Gasteiger partial charge on any atom is 0.343 e. The van der Waals surface area contributed by atoms with Crippen LogP contribution >= 0.6 is 11.6 Å². The number of esters is 1. The van der Waals surface area contributed by atoms with Crippen molar-refractivity contribution < 1.29 is 23.9 Å². The Morgan fingerprint density at radius 3 is 2.27 bits per heavy atom. The molecule has 2 amide bonds. The Kier molecular flexibility index (Phi) is 7.77. The minimum absolute atomic E-state index is 0.337. The van der Waals surface area contributed by atoms with Gasteiger partial charge < -0.3 is 14.8 Å². The third-order valence-corrected chi connectivity index (χ3v) is 4.64. The van der Waals surface area contributed by atoms with Crippen LogP contribution in [-0.4, -0.2) is 30.6 Å². The number of nitrogens with one attached hydrogen (secondary N) is 2. The smallest absolute Gasteiger partial charge is 0.343 e. The van der Waals surface area contributed by atoms with Crippen LogP contribution in [0.15, 0.2) is 77.9 Å². The molecule has 0 aliphatic heterocycles. The van der Waals surface area contributed by atoms with Gasteiger partial charge in [0.1, 0.15) is 11.5 Å². The fraction of sp³-hybridized carbons (Fsp3) is 0.0833. The summed E-state index contributed by atoms with van der Waals surface area (Å²) in [6.45, 7) is 1.66. The first kappa shape index (κ1) is 23.5. The van der Waals surface area contributed by atoms with Crippen molar-refractivity contribution in [2.75, 3.05) is 12.4 Å². The number of halogens is 1. The molecule has 0 saturated heterocycles. The van der Waals surface area contributed by atoms with Crippen molar-refractivity contribution in [3.63, 3.8) is 0 Å². The van der Waals surface area contributed by atoms with Crippen LogP contribution in [0.2, 0.25) is 5.02 Å². The van der Waals surface area contributed by atoms with E-state index in [1.54, 1.807) is 73.7 Å². The molecule has 3 aromatic carbocycles. The molecule has 168 valence electrons. The molecule has 8 nitrogen and oxygen atoms in total. The van der Waals surface area contributed by atoms with Crippen molar-refractivity contribution in [3.05, 3.63) is 88.9 Å². The molecule has 0 aliphatic carbocycles.